The predicted molar refractivity (Wildman–Crippen MR) is 67.5 cm³/mol. The molecule has 1 atom stereocenters. The van der Waals surface area contributed by atoms with E-state index in [9.17, 15) is 0 Å². The molecule has 0 amide bonds. The van der Waals surface area contributed by atoms with Gasteiger partial charge < -0.3 is 15.4 Å². The maximum absolute atomic E-state index is 5.77. The van der Waals surface area contributed by atoms with Crippen molar-refractivity contribution in [1.29, 1.82) is 0 Å². The smallest absolute Gasteiger partial charge is 0.109 e. The van der Waals surface area contributed by atoms with E-state index in [1.165, 1.54) is 0 Å². The van der Waals surface area contributed by atoms with E-state index in [1.807, 2.05) is 6.92 Å². The van der Waals surface area contributed by atoms with Crippen LogP contribution >= 0.6 is 11.3 Å². The molecule has 0 aliphatic heterocycles. The van der Waals surface area contributed by atoms with Gasteiger partial charge in [0.2, 0.25) is 0 Å². The van der Waals surface area contributed by atoms with Gasteiger partial charge in [-0.15, -0.1) is 11.3 Å². The molecule has 0 bridgehead atoms. The van der Waals surface area contributed by atoms with Crippen LogP contribution in [0.1, 0.15) is 30.1 Å². The fourth-order valence-electron chi connectivity index (χ4n) is 1.44. The highest BCUT2D eigenvalue weighted by atomic mass is 32.1. The fraction of sp³-hybridized carbons (Fsp3) is 0.727. The van der Waals surface area contributed by atoms with Crippen LogP contribution < -0.4 is 5.73 Å². The number of ether oxygens (including phenoxy) is 1. The number of aromatic nitrogens is 1. The highest BCUT2D eigenvalue weighted by Gasteiger charge is 2.07. The van der Waals surface area contributed by atoms with Gasteiger partial charge in [-0.3, -0.25) is 0 Å². The zero-order chi connectivity index (χ0) is 12.0. The minimum absolute atomic E-state index is 0.0394. The van der Waals surface area contributed by atoms with Crippen molar-refractivity contribution in [3.05, 3.63) is 16.1 Å². The highest BCUT2D eigenvalue weighted by molar-refractivity contribution is 7.09. The zero-order valence-corrected chi connectivity index (χ0v) is 11.1. The SMILES string of the molecule is COCCCN(C)Cc1csc(C(C)N)n1. The zero-order valence-electron chi connectivity index (χ0n) is 10.3. The Morgan fingerprint density at radius 2 is 2.38 bits per heavy atom. The standard InChI is InChI=1S/C11H21N3OS/c1-9(12)11-13-10(8-16-11)7-14(2)5-4-6-15-3/h8-9H,4-7,12H2,1-3H3. The van der Waals surface area contributed by atoms with Gasteiger partial charge in [-0.05, 0) is 20.4 Å². The second kappa shape index (κ2) is 6.96. The molecule has 0 saturated carbocycles. The lowest BCUT2D eigenvalue weighted by Crippen LogP contribution is -2.20. The van der Waals surface area contributed by atoms with Crippen LogP contribution in [0.3, 0.4) is 0 Å². The Kier molecular flexibility index (Phi) is 5.90. The Bertz CT molecular complexity index is 301. The quantitative estimate of drug-likeness (QED) is 0.740. The van der Waals surface area contributed by atoms with Crippen LogP contribution in [0.25, 0.3) is 0 Å². The molecule has 0 aromatic carbocycles. The minimum Gasteiger partial charge on any atom is -0.385 e. The van der Waals surface area contributed by atoms with Crippen molar-refractivity contribution in [3.63, 3.8) is 0 Å². The monoisotopic (exact) mass is 243 g/mol. The Morgan fingerprint density at radius 1 is 1.62 bits per heavy atom. The molecule has 1 aromatic heterocycles. The Balaban J connectivity index is 2.34. The molecule has 4 nitrogen and oxygen atoms in total. The van der Waals surface area contributed by atoms with Crippen LogP contribution in [-0.4, -0.2) is 37.2 Å². The molecular weight excluding hydrogens is 222 g/mol. The number of methoxy groups -OCH3 is 1. The molecule has 0 fully saturated rings. The first-order valence-electron chi connectivity index (χ1n) is 5.51. The molecule has 92 valence electrons. The molecular formula is C11H21N3OS. The average Bonchev–Trinajstić information content (AvgIpc) is 2.66. The van der Waals surface area contributed by atoms with Crippen molar-refractivity contribution in [2.75, 3.05) is 27.3 Å². The maximum Gasteiger partial charge on any atom is 0.109 e. The largest absolute Gasteiger partial charge is 0.385 e. The van der Waals surface area contributed by atoms with Gasteiger partial charge in [-0.25, -0.2) is 4.98 Å². The van der Waals surface area contributed by atoms with Crippen molar-refractivity contribution in [1.82, 2.24) is 9.88 Å². The van der Waals surface area contributed by atoms with Gasteiger partial charge in [-0.1, -0.05) is 0 Å². The molecule has 0 aliphatic rings. The van der Waals surface area contributed by atoms with Crippen molar-refractivity contribution >= 4 is 11.3 Å². The van der Waals surface area contributed by atoms with E-state index in [0.29, 0.717) is 0 Å². The Morgan fingerprint density at radius 3 is 2.94 bits per heavy atom. The second-order valence-electron chi connectivity index (χ2n) is 4.05. The summed E-state index contributed by atoms with van der Waals surface area (Å²) >= 11 is 1.64. The molecule has 1 aromatic rings. The predicted octanol–water partition coefficient (Wildman–Crippen LogP) is 1.63. The molecule has 1 heterocycles. The van der Waals surface area contributed by atoms with Gasteiger partial charge in [0.15, 0.2) is 0 Å². The molecule has 0 radical (unpaired) electrons. The molecule has 5 heteroatoms. The molecule has 0 aliphatic carbocycles. The van der Waals surface area contributed by atoms with E-state index in [4.69, 9.17) is 10.5 Å². The number of nitrogens with two attached hydrogens (primary N) is 1. The van der Waals surface area contributed by atoms with Crippen LogP contribution in [0.5, 0.6) is 0 Å². The second-order valence-corrected chi connectivity index (χ2v) is 4.94. The van der Waals surface area contributed by atoms with Crippen LogP contribution in [0.4, 0.5) is 0 Å². The summed E-state index contributed by atoms with van der Waals surface area (Å²) in [5, 5.41) is 3.10. The summed E-state index contributed by atoms with van der Waals surface area (Å²) in [6.45, 7) is 4.68. The van der Waals surface area contributed by atoms with Gasteiger partial charge in [0.05, 0.1) is 11.7 Å². The van der Waals surface area contributed by atoms with Crippen molar-refractivity contribution < 1.29 is 4.74 Å². The lowest BCUT2D eigenvalue weighted by atomic mass is 10.3. The molecule has 0 spiro atoms. The number of hydrogen-bond donors (Lipinski definition) is 1. The van der Waals surface area contributed by atoms with E-state index >= 15 is 0 Å². The summed E-state index contributed by atoms with van der Waals surface area (Å²) in [6, 6.07) is 0.0394. The number of nitrogens with zero attached hydrogens (tertiary/aromatic N) is 2. The maximum atomic E-state index is 5.77. The van der Waals surface area contributed by atoms with E-state index in [0.717, 1.165) is 36.8 Å². The normalized spacial score (nSPS) is 13.3. The molecule has 1 rings (SSSR count). The third-order valence-electron chi connectivity index (χ3n) is 2.28. The number of thiazole rings is 1. The topological polar surface area (TPSA) is 51.4 Å². The Labute approximate surface area is 101 Å². The molecule has 2 N–H and O–H groups in total. The molecule has 1 unspecified atom stereocenters. The summed E-state index contributed by atoms with van der Waals surface area (Å²) in [4.78, 5) is 6.75. The van der Waals surface area contributed by atoms with Crippen molar-refractivity contribution in [3.8, 4) is 0 Å². The summed E-state index contributed by atoms with van der Waals surface area (Å²) in [7, 11) is 3.83. The van der Waals surface area contributed by atoms with Crippen molar-refractivity contribution in [2.45, 2.75) is 25.9 Å². The Hall–Kier alpha value is -0.490. The van der Waals surface area contributed by atoms with Crippen LogP contribution in [0.2, 0.25) is 0 Å². The first-order chi connectivity index (χ1) is 7.63. The van der Waals surface area contributed by atoms with Crippen LogP contribution in [0, 0.1) is 0 Å². The highest BCUT2D eigenvalue weighted by Crippen LogP contribution is 2.16. The van der Waals surface area contributed by atoms with E-state index < -0.39 is 0 Å². The number of hydrogen-bond acceptors (Lipinski definition) is 5. The lowest BCUT2D eigenvalue weighted by molar-refractivity contribution is 0.178. The van der Waals surface area contributed by atoms with Gasteiger partial charge in [0.1, 0.15) is 5.01 Å². The molecule has 0 saturated heterocycles. The van der Waals surface area contributed by atoms with E-state index in [-0.39, 0.29) is 6.04 Å². The summed E-state index contributed by atoms with van der Waals surface area (Å²) < 4.78 is 5.02. The fourth-order valence-corrected chi connectivity index (χ4v) is 2.21. The third-order valence-corrected chi connectivity index (χ3v) is 3.37. The van der Waals surface area contributed by atoms with Crippen molar-refractivity contribution in [2.24, 2.45) is 5.73 Å². The summed E-state index contributed by atoms with van der Waals surface area (Å²) in [6.07, 6.45) is 1.05. The van der Waals surface area contributed by atoms with Gasteiger partial charge in [0.25, 0.3) is 0 Å². The molecule has 16 heavy (non-hydrogen) atoms. The van der Waals surface area contributed by atoms with Gasteiger partial charge >= 0.3 is 0 Å². The van der Waals surface area contributed by atoms with Crippen LogP contribution in [0.15, 0.2) is 5.38 Å². The lowest BCUT2D eigenvalue weighted by Gasteiger charge is -2.14. The first-order valence-corrected chi connectivity index (χ1v) is 6.38. The minimum atomic E-state index is 0.0394. The first kappa shape index (κ1) is 13.6. The van der Waals surface area contributed by atoms with E-state index in [2.05, 4.69) is 22.3 Å². The third kappa shape index (κ3) is 4.57. The average molecular weight is 243 g/mol. The van der Waals surface area contributed by atoms with Gasteiger partial charge in [-0.2, -0.15) is 0 Å². The van der Waals surface area contributed by atoms with Gasteiger partial charge in [0, 0.05) is 32.2 Å². The summed E-state index contributed by atoms with van der Waals surface area (Å²) in [5.41, 5.74) is 6.88. The van der Waals surface area contributed by atoms with E-state index in [1.54, 1.807) is 18.4 Å². The number of rotatable bonds is 7. The summed E-state index contributed by atoms with van der Waals surface area (Å²) in [5.74, 6) is 0. The van der Waals surface area contributed by atoms with Crippen LogP contribution in [-0.2, 0) is 11.3 Å².